The first-order valence-electron chi connectivity index (χ1n) is 7.90. The van der Waals surface area contributed by atoms with Crippen molar-refractivity contribution in [1.29, 1.82) is 5.26 Å². The van der Waals surface area contributed by atoms with E-state index in [0.717, 1.165) is 0 Å². The van der Waals surface area contributed by atoms with Crippen LogP contribution in [0.25, 0.3) is 6.08 Å². The van der Waals surface area contributed by atoms with Crippen LogP contribution in [-0.4, -0.2) is 18.7 Å². The predicted octanol–water partition coefficient (Wildman–Crippen LogP) is 3.99. The molecule has 2 aromatic rings. The van der Waals surface area contributed by atoms with Crippen molar-refractivity contribution < 1.29 is 19.0 Å². The zero-order chi connectivity index (χ0) is 17.8. The summed E-state index contributed by atoms with van der Waals surface area (Å²) in [6, 6.07) is 14.2. The monoisotopic (exact) mass is 335 g/mol. The molecule has 0 bridgehead atoms. The molecule has 5 heteroatoms. The Kier molecular flexibility index (Phi) is 4.71. The van der Waals surface area contributed by atoms with Gasteiger partial charge in [-0.1, -0.05) is 18.2 Å². The van der Waals surface area contributed by atoms with Crippen molar-refractivity contribution in [3.63, 3.8) is 0 Å². The molecule has 0 spiro atoms. The molecule has 0 atom stereocenters. The van der Waals surface area contributed by atoms with Crippen molar-refractivity contribution in [3.05, 3.63) is 59.2 Å². The van der Waals surface area contributed by atoms with Crippen molar-refractivity contribution in [1.82, 2.24) is 0 Å². The highest BCUT2D eigenvalue weighted by Gasteiger charge is 2.19. The number of carbonyl (C=O) groups excluding carboxylic acids is 1. The maximum atomic E-state index is 12.7. The molecule has 3 rings (SSSR count). The van der Waals surface area contributed by atoms with Crippen LogP contribution >= 0.6 is 0 Å². The summed E-state index contributed by atoms with van der Waals surface area (Å²) in [4.78, 5) is 12.7. The summed E-state index contributed by atoms with van der Waals surface area (Å²) >= 11 is 0. The number of fused-ring (bicyclic) bond motifs is 1. The van der Waals surface area contributed by atoms with Gasteiger partial charge in [0.25, 0.3) is 0 Å². The van der Waals surface area contributed by atoms with E-state index in [9.17, 15) is 10.1 Å². The molecule has 25 heavy (non-hydrogen) atoms. The molecule has 126 valence electrons. The second-order valence-electron chi connectivity index (χ2n) is 5.77. The van der Waals surface area contributed by atoms with Crippen molar-refractivity contribution in [2.75, 3.05) is 6.79 Å². The van der Waals surface area contributed by atoms with Crippen LogP contribution in [0.3, 0.4) is 0 Å². The number of benzene rings is 2. The van der Waals surface area contributed by atoms with Gasteiger partial charge in [0.2, 0.25) is 12.6 Å². The second-order valence-corrected chi connectivity index (χ2v) is 5.77. The van der Waals surface area contributed by atoms with Gasteiger partial charge >= 0.3 is 0 Å². The zero-order valence-electron chi connectivity index (χ0n) is 14.0. The zero-order valence-corrected chi connectivity index (χ0v) is 14.0. The van der Waals surface area contributed by atoms with E-state index in [1.165, 1.54) is 0 Å². The van der Waals surface area contributed by atoms with Crippen LogP contribution in [0.2, 0.25) is 0 Å². The third kappa shape index (κ3) is 3.64. The van der Waals surface area contributed by atoms with E-state index in [2.05, 4.69) is 0 Å². The van der Waals surface area contributed by atoms with Crippen molar-refractivity contribution in [2.24, 2.45) is 0 Å². The maximum absolute atomic E-state index is 12.7. The number of rotatable bonds is 5. The first-order chi connectivity index (χ1) is 12.1. The Morgan fingerprint density at radius 2 is 1.96 bits per heavy atom. The largest absolute Gasteiger partial charge is 0.490 e. The van der Waals surface area contributed by atoms with E-state index in [1.807, 2.05) is 44.2 Å². The molecule has 0 aliphatic carbocycles. The number of allylic oxidation sites excluding steroid dienone is 1. The van der Waals surface area contributed by atoms with E-state index in [4.69, 9.17) is 14.2 Å². The molecule has 0 fully saturated rings. The van der Waals surface area contributed by atoms with Gasteiger partial charge in [-0.2, -0.15) is 5.26 Å². The van der Waals surface area contributed by atoms with E-state index < -0.39 is 0 Å². The van der Waals surface area contributed by atoms with Gasteiger partial charge in [0.1, 0.15) is 17.4 Å². The summed E-state index contributed by atoms with van der Waals surface area (Å²) in [5, 5.41) is 9.45. The molecule has 5 nitrogen and oxygen atoms in total. The first-order valence-corrected chi connectivity index (χ1v) is 7.90. The van der Waals surface area contributed by atoms with Crippen LogP contribution in [0.4, 0.5) is 0 Å². The van der Waals surface area contributed by atoms with E-state index in [-0.39, 0.29) is 24.3 Å². The van der Waals surface area contributed by atoms with Crippen LogP contribution in [0.5, 0.6) is 17.2 Å². The second kappa shape index (κ2) is 7.10. The van der Waals surface area contributed by atoms with Gasteiger partial charge in [0.15, 0.2) is 11.5 Å². The van der Waals surface area contributed by atoms with Gasteiger partial charge in [-0.05, 0) is 44.2 Å². The Morgan fingerprint density at radius 3 is 2.72 bits per heavy atom. The average Bonchev–Trinajstić information content (AvgIpc) is 3.07. The summed E-state index contributed by atoms with van der Waals surface area (Å²) in [6.07, 6.45) is 1.54. The Labute approximate surface area is 146 Å². The number of ketones is 1. The lowest BCUT2D eigenvalue weighted by Crippen LogP contribution is -2.07. The molecule has 0 radical (unpaired) electrons. The molecule has 1 aliphatic heterocycles. The van der Waals surface area contributed by atoms with Gasteiger partial charge < -0.3 is 14.2 Å². The molecule has 2 aromatic carbocycles. The molecule has 0 unspecified atom stereocenters. The van der Waals surface area contributed by atoms with Gasteiger partial charge in [0.05, 0.1) is 6.10 Å². The van der Waals surface area contributed by atoms with Gasteiger partial charge in [-0.3, -0.25) is 4.79 Å². The number of nitriles is 1. The molecule has 1 aliphatic rings. The highest BCUT2D eigenvalue weighted by atomic mass is 16.7. The van der Waals surface area contributed by atoms with Crippen LogP contribution in [0.1, 0.15) is 29.8 Å². The third-order valence-electron chi connectivity index (χ3n) is 3.58. The van der Waals surface area contributed by atoms with Crippen LogP contribution < -0.4 is 14.2 Å². The Balaban J connectivity index is 1.94. The minimum Gasteiger partial charge on any atom is -0.490 e. The number of carbonyl (C=O) groups is 1. The quantitative estimate of drug-likeness (QED) is 0.469. The molecule has 0 saturated carbocycles. The predicted molar refractivity (Wildman–Crippen MR) is 92.7 cm³/mol. The summed E-state index contributed by atoms with van der Waals surface area (Å²) in [5.41, 5.74) is 1.08. The Bertz CT molecular complexity index is 878. The number of Topliss-reactive ketones (excluding diaryl/α,β-unsaturated/α-hetero) is 1. The topological polar surface area (TPSA) is 68.5 Å². The van der Waals surface area contributed by atoms with Gasteiger partial charge in [-0.25, -0.2) is 0 Å². The fourth-order valence-corrected chi connectivity index (χ4v) is 2.46. The summed E-state index contributed by atoms with van der Waals surface area (Å²) in [7, 11) is 0. The highest BCUT2D eigenvalue weighted by Crippen LogP contribution is 2.33. The number of nitrogens with zero attached hydrogens (tertiary/aromatic N) is 1. The van der Waals surface area contributed by atoms with E-state index >= 15 is 0 Å². The number of para-hydroxylation sites is 1. The van der Waals surface area contributed by atoms with E-state index in [1.54, 1.807) is 24.3 Å². The smallest absolute Gasteiger partial charge is 0.231 e. The van der Waals surface area contributed by atoms with Crippen LogP contribution in [-0.2, 0) is 0 Å². The highest BCUT2D eigenvalue weighted by molar-refractivity contribution is 6.14. The molecule has 0 saturated heterocycles. The normalized spacial score (nSPS) is 12.8. The lowest BCUT2D eigenvalue weighted by molar-refractivity contribution is 0.103. The Hall–Kier alpha value is -3.26. The SMILES string of the molecule is CC(C)Oc1ccccc1/C=C(/C#N)C(=O)c1ccc2c(c1)OCO2. The number of ether oxygens (including phenoxy) is 3. The fraction of sp³-hybridized carbons (Fsp3) is 0.200. The van der Waals surface area contributed by atoms with Gasteiger partial charge in [-0.15, -0.1) is 0 Å². The summed E-state index contributed by atoms with van der Waals surface area (Å²) in [5.74, 6) is 1.35. The average molecular weight is 335 g/mol. The van der Waals surface area contributed by atoms with Gasteiger partial charge in [0, 0.05) is 11.1 Å². The third-order valence-corrected chi connectivity index (χ3v) is 3.58. The fourth-order valence-electron chi connectivity index (χ4n) is 2.46. The van der Waals surface area contributed by atoms with Crippen molar-refractivity contribution in [3.8, 4) is 23.3 Å². The molecule has 0 aromatic heterocycles. The summed E-state index contributed by atoms with van der Waals surface area (Å²) < 4.78 is 16.3. The standard InChI is InChI=1S/C20H17NO4/c1-13(2)25-17-6-4-3-5-14(17)9-16(11-21)20(22)15-7-8-18-19(10-15)24-12-23-18/h3-10,13H,12H2,1-2H3/b16-9-. The summed E-state index contributed by atoms with van der Waals surface area (Å²) in [6.45, 7) is 3.97. The number of hydrogen-bond donors (Lipinski definition) is 0. The first kappa shape index (κ1) is 16.6. The Morgan fingerprint density at radius 1 is 1.20 bits per heavy atom. The van der Waals surface area contributed by atoms with Crippen molar-refractivity contribution in [2.45, 2.75) is 20.0 Å². The minimum atomic E-state index is -0.375. The molecule has 0 amide bonds. The van der Waals surface area contributed by atoms with Crippen molar-refractivity contribution >= 4 is 11.9 Å². The molecule has 1 heterocycles. The minimum absolute atomic E-state index is 0.00959. The van der Waals surface area contributed by atoms with Crippen LogP contribution in [0.15, 0.2) is 48.0 Å². The lowest BCUT2D eigenvalue weighted by atomic mass is 10.0. The number of hydrogen-bond acceptors (Lipinski definition) is 5. The maximum Gasteiger partial charge on any atom is 0.231 e. The molecular formula is C20H17NO4. The molecule has 0 N–H and O–H groups in total. The molecular weight excluding hydrogens is 318 g/mol. The van der Waals surface area contributed by atoms with Crippen LogP contribution in [0, 0.1) is 11.3 Å². The van der Waals surface area contributed by atoms with E-state index in [0.29, 0.717) is 28.4 Å². The lowest BCUT2D eigenvalue weighted by Gasteiger charge is -2.12.